The molecular weight excluding hydrogens is 258 g/mol. The summed E-state index contributed by atoms with van der Waals surface area (Å²) in [6.07, 6.45) is 3.78. The van der Waals surface area contributed by atoms with Gasteiger partial charge in [-0.15, -0.1) is 0 Å². The lowest BCUT2D eigenvalue weighted by Gasteiger charge is -2.39. The van der Waals surface area contributed by atoms with E-state index in [4.69, 9.17) is 22.1 Å². The van der Waals surface area contributed by atoms with Crippen molar-refractivity contribution in [1.29, 1.82) is 0 Å². The van der Waals surface area contributed by atoms with E-state index in [2.05, 4.69) is 20.8 Å². The van der Waals surface area contributed by atoms with Crippen LogP contribution in [0.2, 0.25) is 5.02 Å². The smallest absolute Gasteiger partial charge is 0.124 e. The zero-order valence-electron chi connectivity index (χ0n) is 12.1. The maximum Gasteiger partial charge on any atom is 0.124 e. The van der Waals surface area contributed by atoms with Gasteiger partial charge in [0.2, 0.25) is 0 Å². The van der Waals surface area contributed by atoms with E-state index >= 15 is 0 Å². The van der Waals surface area contributed by atoms with Crippen molar-refractivity contribution in [2.45, 2.75) is 52.7 Å². The topological polar surface area (TPSA) is 35.2 Å². The van der Waals surface area contributed by atoms with Crippen molar-refractivity contribution in [2.75, 3.05) is 0 Å². The van der Waals surface area contributed by atoms with Crippen molar-refractivity contribution >= 4 is 11.6 Å². The summed E-state index contributed by atoms with van der Waals surface area (Å²) in [4.78, 5) is 0. The molecule has 1 aromatic rings. The Morgan fingerprint density at radius 3 is 2.74 bits per heavy atom. The average Bonchev–Trinajstić information content (AvgIpc) is 2.28. The van der Waals surface area contributed by atoms with E-state index in [0.717, 1.165) is 24.2 Å². The zero-order valence-corrected chi connectivity index (χ0v) is 12.8. The second-order valence-corrected chi connectivity index (χ2v) is 7.05. The zero-order chi connectivity index (χ0) is 14.0. The lowest BCUT2D eigenvalue weighted by molar-refractivity contribution is 0.0556. The van der Waals surface area contributed by atoms with Gasteiger partial charge < -0.3 is 10.5 Å². The number of hydrogen-bond donors (Lipinski definition) is 1. The molecule has 0 radical (unpaired) electrons. The Hall–Kier alpha value is -0.730. The SMILES string of the molecule is CC1CC(Oc2ccc(Cl)cc2CN)CC(C)(C)C1. The molecule has 19 heavy (non-hydrogen) atoms. The highest BCUT2D eigenvalue weighted by atomic mass is 35.5. The second kappa shape index (κ2) is 5.72. The first-order valence-electron chi connectivity index (χ1n) is 7.05. The van der Waals surface area contributed by atoms with Gasteiger partial charge in [0, 0.05) is 17.1 Å². The predicted octanol–water partition coefficient (Wildman–Crippen LogP) is 4.39. The van der Waals surface area contributed by atoms with Crippen LogP contribution in [0, 0.1) is 11.3 Å². The van der Waals surface area contributed by atoms with Gasteiger partial charge in [-0.25, -0.2) is 0 Å². The summed E-state index contributed by atoms with van der Waals surface area (Å²) in [5.41, 5.74) is 7.11. The molecule has 1 aliphatic rings. The number of benzene rings is 1. The van der Waals surface area contributed by atoms with Crippen molar-refractivity contribution in [3.8, 4) is 5.75 Å². The Bertz CT molecular complexity index is 444. The van der Waals surface area contributed by atoms with Crippen molar-refractivity contribution < 1.29 is 4.74 Å². The van der Waals surface area contributed by atoms with Crippen LogP contribution in [0.25, 0.3) is 0 Å². The summed E-state index contributed by atoms with van der Waals surface area (Å²) in [5, 5.41) is 0.713. The third kappa shape index (κ3) is 3.87. The Morgan fingerprint density at radius 1 is 1.37 bits per heavy atom. The van der Waals surface area contributed by atoms with Gasteiger partial charge in [-0.2, -0.15) is 0 Å². The summed E-state index contributed by atoms with van der Waals surface area (Å²) in [6.45, 7) is 7.42. The number of halogens is 1. The molecule has 2 rings (SSSR count). The van der Waals surface area contributed by atoms with E-state index < -0.39 is 0 Å². The molecule has 2 unspecified atom stereocenters. The van der Waals surface area contributed by atoms with Gasteiger partial charge in [0.05, 0.1) is 6.10 Å². The summed E-state index contributed by atoms with van der Waals surface area (Å²) in [7, 11) is 0. The van der Waals surface area contributed by atoms with E-state index in [1.807, 2.05) is 18.2 Å². The van der Waals surface area contributed by atoms with Crippen LogP contribution in [0.3, 0.4) is 0 Å². The van der Waals surface area contributed by atoms with Crippen LogP contribution < -0.4 is 10.5 Å². The molecule has 2 N–H and O–H groups in total. The molecule has 1 saturated carbocycles. The first-order chi connectivity index (χ1) is 8.89. The molecule has 0 aromatic heterocycles. The molecule has 0 saturated heterocycles. The van der Waals surface area contributed by atoms with Gasteiger partial charge in [0.25, 0.3) is 0 Å². The van der Waals surface area contributed by atoms with E-state index in [1.165, 1.54) is 6.42 Å². The molecule has 0 amide bonds. The van der Waals surface area contributed by atoms with Gasteiger partial charge >= 0.3 is 0 Å². The molecule has 0 heterocycles. The Morgan fingerprint density at radius 2 is 2.11 bits per heavy atom. The monoisotopic (exact) mass is 281 g/mol. The molecule has 1 aromatic carbocycles. The molecule has 2 atom stereocenters. The summed E-state index contributed by atoms with van der Waals surface area (Å²) < 4.78 is 6.20. The van der Waals surface area contributed by atoms with E-state index in [0.29, 0.717) is 22.9 Å². The molecule has 0 aliphatic heterocycles. The highest BCUT2D eigenvalue weighted by Gasteiger charge is 2.33. The van der Waals surface area contributed by atoms with Gasteiger partial charge in [0.15, 0.2) is 0 Å². The number of hydrogen-bond acceptors (Lipinski definition) is 2. The minimum atomic E-state index is 0.283. The Labute approximate surface area is 121 Å². The van der Waals surface area contributed by atoms with Crippen LogP contribution in [-0.2, 0) is 6.54 Å². The Kier molecular flexibility index (Phi) is 4.42. The van der Waals surface area contributed by atoms with E-state index in [-0.39, 0.29) is 6.10 Å². The summed E-state index contributed by atoms with van der Waals surface area (Å²) in [6, 6.07) is 5.71. The summed E-state index contributed by atoms with van der Waals surface area (Å²) >= 11 is 6.00. The third-order valence-electron chi connectivity index (χ3n) is 3.88. The first kappa shape index (κ1) is 14.7. The standard InChI is InChI=1S/C16H24ClNO/c1-11-6-14(9-16(2,3)8-11)19-15-5-4-13(17)7-12(15)10-18/h4-5,7,11,14H,6,8-10,18H2,1-3H3. The highest BCUT2D eigenvalue weighted by molar-refractivity contribution is 6.30. The number of nitrogens with two attached hydrogens (primary N) is 1. The van der Waals surface area contributed by atoms with Crippen LogP contribution >= 0.6 is 11.6 Å². The fraction of sp³-hybridized carbons (Fsp3) is 0.625. The second-order valence-electron chi connectivity index (χ2n) is 6.61. The normalized spacial score (nSPS) is 26.2. The maximum absolute atomic E-state index is 6.20. The van der Waals surface area contributed by atoms with E-state index in [9.17, 15) is 0 Å². The minimum Gasteiger partial charge on any atom is -0.490 e. The molecule has 0 bridgehead atoms. The first-order valence-corrected chi connectivity index (χ1v) is 7.42. The van der Waals surface area contributed by atoms with Crippen LogP contribution in [0.15, 0.2) is 18.2 Å². The molecule has 3 heteroatoms. The molecule has 1 aliphatic carbocycles. The lowest BCUT2D eigenvalue weighted by Crippen LogP contribution is -2.34. The predicted molar refractivity (Wildman–Crippen MR) is 80.6 cm³/mol. The fourth-order valence-electron chi connectivity index (χ4n) is 3.35. The van der Waals surface area contributed by atoms with Gasteiger partial charge in [-0.1, -0.05) is 32.4 Å². The van der Waals surface area contributed by atoms with Crippen LogP contribution in [0.1, 0.15) is 45.6 Å². The quantitative estimate of drug-likeness (QED) is 0.892. The largest absolute Gasteiger partial charge is 0.490 e. The molecule has 1 fully saturated rings. The van der Waals surface area contributed by atoms with Gasteiger partial charge in [-0.3, -0.25) is 0 Å². The molecule has 2 nitrogen and oxygen atoms in total. The molecule has 106 valence electrons. The van der Waals surface area contributed by atoms with Gasteiger partial charge in [-0.05, 0) is 48.8 Å². The van der Waals surface area contributed by atoms with Crippen LogP contribution in [0.4, 0.5) is 0 Å². The van der Waals surface area contributed by atoms with Crippen molar-refractivity contribution in [3.05, 3.63) is 28.8 Å². The maximum atomic E-state index is 6.20. The van der Waals surface area contributed by atoms with Crippen molar-refractivity contribution in [3.63, 3.8) is 0 Å². The fourth-order valence-corrected chi connectivity index (χ4v) is 3.54. The van der Waals surface area contributed by atoms with Crippen molar-refractivity contribution in [1.82, 2.24) is 0 Å². The third-order valence-corrected chi connectivity index (χ3v) is 4.12. The van der Waals surface area contributed by atoms with E-state index in [1.54, 1.807) is 0 Å². The summed E-state index contributed by atoms with van der Waals surface area (Å²) in [5.74, 6) is 1.60. The van der Waals surface area contributed by atoms with Crippen molar-refractivity contribution in [2.24, 2.45) is 17.1 Å². The highest BCUT2D eigenvalue weighted by Crippen LogP contribution is 2.40. The Balaban J connectivity index is 2.12. The van der Waals surface area contributed by atoms with Crippen LogP contribution in [0.5, 0.6) is 5.75 Å². The molecule has 0 spiro atoms. The average molecular weight is 282 g/mol. The minimum absolute atomic E-state index is 0.283. The van der Waals surface area contributed by atoms with Crippen LogP contribution in [-0.4, -0.2) is 6.10 Å². The number of ether oxygens (including phenoxy) is 1. The van der Waals surface area contributed by atoms with Gasteiger partial charge in [0.1, 0.15) is 5.75 Å². The molecular formula is C16H24ClNO. The number of rotatable bonds is 3. The lowest BCUT2D eigenvalue weighted by atomic mass is 9.71.